The summed E-state index contributed by atoms with van der Waals surface area (Å²) < 4.78 is 5.33. The van der Waals surface area contributed by atoms with Crippen LogP contribution in [0.1, 0.15) is 20.8 Å². The Morgan fingerprint density at radius 3 is 2.43 bits per heavy atom. The summed E-state index contributed by atoms with van der Waals surface area (Å²) in [7, 11) is 0. The van der Waals surface area contributed by atoms with E-state index in [4.69, 9.17) is 4.74 Å². The minimum Gasteiger partial charge on any atom is -0.369 e. The second kappa shape index (κ2) is 8.89. The summed E-state index contributed by atoms with van der Waals surface area (Å²) in [6.45, 7) is 11.3. The summed E-state index contributed by atoms with van der Waals surface area (Å²) in [6, 6.07) is 10.7. The number of hydrogen-bond donors (Lipinski definition) is 1. The van der Waals surface area contributed by atoms with Crippen molar-refractivity contribution < 1.29 is 9.53 Å². The highest BCUT2D eigenvalue weighted by Crippen LogP contribution is 2.15. The van der Waals surface area contributed by atoms with Crippen molar-refractivity contribution in [3.05, 3.63) is 30.3 Å². The van der Waals surface area contributed by atoms with E-state index in [1.165, 1.54) is 5.69 Å². The number of piperazine rings is 1. The SMILES string of the molecule is CCO[C@H](C)C(=O)N[C@@H](C)CN1CCN(c2ccccc2)CC1. The smallest absolute Gasteiger partial charge is 0.249 e. The standard InChI is InChI=1S/C18H29N3O2/c1-4-23-16(3)18(22)19-15(2)14-20-10-12-21(13-11-20)17-8-6-5-7-9-17/h5-9,15-16H,4,10-14H2,1-3H3,(H,19,22)/t15-,16+/m0/s1. The van der Waals surface area contributed by atoms with Crippen molar-refractivity contribution >= 4 is 11.6 Å². The molecule has 23 heavy (non-hydrogen) atoms. The van der Waals surface area contributed by atoms with E-state index in [1.54, 1.807) is 6.92 Å². The molecule has 1 saturated heterocycles. The lowest BCUT2D eigenvalue weighted by atomic mass is 10.2. The molecule has 1 aromatic carbocycles. The van der Waals surface area contributed by atoms with Crippen LogP contribution in [0.2, 0.25) is 0 Å². The fourth-order valence-electron chi connectivity index (χ4n) is 2.95. The van der Waals surface area contributed by atoms with E-state index in [2.05, 4.69) is 46.3 Å². The highest BCUT2D eigenvalue weighted by Gasteiger charge is 2.20. The van der Waals surface area contributed by atoms with Gasteiger partial charge in [0.1, 0.15) is 6.10 Å². The quantitative estimate of drug-likeness (QED) is 0.831. The van der Waals surface area contributed by atoms with Crippen molar-refractivity contribution in [2.45, 2.75) is 32.9 Å². The van der Waals surface area contributed by atoms with Gasteiger partial charge in [-0.2, -0.15) is 0 Å². The molecule has 2 rings (SSSR count). The largest absolute Gasteiger partial charge is 0.369 e. The molecule has 128 valence electrons. The first kappa shape index (κ1) is 17.8. The first-order valence-corrected chi connectivity index (χ1v) is 8.54. The van der Waals surface area contributed by atoms with Crippen LogP contribution in [0.3, 0.4) is 0 Å². The van der Waals surface area contributed by atoms with E-state index < -0.39 is 0 Å². The van der Waals surface area contributed by atoms with Gasteiger partial charge in [0.15, 0.2) is 0 Å². The van der Waals surface area contributed by atoms with Gasteiger partial charge in [-0.1, -0.05) is 18.2 Å². The fourth-order valence-corrected chi connectivity index (χ4v) is 2.95. The molecule has 0 bridgehead atoms. The van der Waals surface area contributed by atoms with Gasteiger partial charge in [0.25, 0.3) is 0 Å². The maximum Gasteiger partial charge on any atom is 0.249 e. The third-order valence-electron chi connectivity index (χ3n) is 4.20. The molecule has 1 fully saturated rings. The first-order chi connectivity index (χ1) is 11.1. The number of nitrogens with zero attached hydrogens (tertiary/aromatic N) is 2. The molecule has 0 spiro atoms. The molecule has 1 heterocycles. The zero-order valence-corrected chi connectivity index (χ0v) is 14.5. The van der Waals surface area contributed by atoms with Gasteiger partial charge in [0, 0.05) is 51.1 Å². The molecule has 0 radical (unpaired) electrons. The molecule has 0 unspecified atom stereocenters. The molecule has 1 aliphatic heterocycles. The van der Waals surface area contributed by atoms with Gasteiger partial charge in [-0.3, -0.25) is 9.69 Å². The predicted molar refractivity (Wildman–Crippen MR) is 93.8 cm³/mol. The van der Waals surface area contributed by atoms with Crippen LogP contribution in [0.15, 0.2) is 30.3 Å². The number of hydrogen-bond acceptors (Lipinski definition) is 4. The lowest BCUT2D eigenvalue weighted by Crippen LogP contribution is -2.51. The zero-order chi connectivity index (χ0) is 16.7. The van der Waals surface area contributed by atoms with Crippen molar-refractivity contribution in [1.29, 1.82) is 0 Å². The van der Waals surface area contributed by atoms with Crippen LogP contribution in [0.25, 0.3) is 0 Å². The summed E-state index contributed by atoms with van der Waals surface area (Å²) in [6.07, 6.45) is -0.377. The van der Waals surface area contributed by atoms with Crippen molar-refractivity contribution in [2.75, 3.05) is 44.2 Å². The van der Waals surface area contributed by atoms with E-state index in [9.17, 15) is 4.79 Å². The Kier molecular flexibility index (Phi) is 6.86. The number of rotatable bonds is 7. The third kappa shape index (κ3) is 5.52. The molecule has 1 amide bonds. The number of ether oxygens (including phenoxy) is 1. The van der Waals surface area contributed by atoms with Crippen LogP contribution in [0, 0.1) is 0 Å². The Balaban J connectivity index is 1.72. The van der Waals surface area contributed by atoms with Crippen LogP contribution in [-0.4, -0.2) is 62.3 Å². The van der Waals surface area contributed by atoms with E-state index in [1.807, 2.05) is 13.0 Å². The Hall–Kier alpha value is -1.59. The van der Waals surface area contributed by atoms with E-state index >= 15 is 0 Å². The van der Waals surface area contributed by atoms with Crippen molar-refractivity contribution in [3.63, 3.8) is 0 Å². The predicted octanol–water partition coefficient (Wildman–Crippen LogP) is 1.74. The fraction of sp³-hybridized carbons (Fsp3) is 0.611. The van der Waals surface area contributed by atoms with Crippen molar-refractivity contribution in [3.8, 4) is 0 Å². The summed E-state index contributed by atoms with van der Waals surface area (Å²) in [5, 5.41) is 3.04. The second-order valence-corrected chi connectivity index (χ2v) is 6.13. The third-order valence-corrected chi connectivity index (χ3v) is 4.20. The van der Waals surface area contributed by atoms with Crippen LogP contribution >= 0.6 is 0 Å². The molecule has 1 aromatic rings. The topological polar surface area (TPSA) is 44.8 Å². The van der Waals surface area contributed by atoms with E-state index in [0.717, 1.165) is 32.7 Å². The minimum absolute atomic E-state index is 0.0257. The Morgan fingerprint density at radius 1 is 1.17 bits per heavy atom. The number of benzene rings is 1. The zero-order valence-electron chi connectivity index (χ0n) is 14.5. The van der Waals surface area contributed by atoms with Crippen molar-refractivity contribution in [1.82, 2.24) is 10.2 Å². The highest BCUT2D eigenvalue weighted by atomic mass is 16.5. The number of carbonyl (C=O) groups excluding carboxylic acids is 1. The molecule has 1 aliphatic rings. The van der Waals surface area contributed by atoms with Gasteiger partial charge >= 0.3 is 0 Å². The van der Waals surface area contributed by atoms with Crippen LogP contribution < -0.4 is 10.2 Å². The van der Waals surface area contributed by atoms with Crippen molar-refractivity contribution in [2.24, 2.45) is 0 Å². The maximum absolute atomic E-state index is 12.0. The number of carbonyl (C=O) groups is 1. The van der Waals surface area contributed by atoms with E-state index in [0.29, 0.717) is 6.61 Å². The molecular weight excluding hydrogens is 290 g/mol. The Bertz CT molecular complexity index is 472. The first-order valence-electron chi connectivity index (χ1n) is 8.54. The van der Waals surface area contributed by atoms with Gasteiger partial charge in [-0.05, 0) is 32.9 Å². The summed E-state index contributed by atoms with van der Waals surface area (Å²) in [4.78, 5) is 16.8. The van der Waals surface area contributed by atoms with Gasteiger partial charge in [-0.15, -0.1) is 0 Å². The minimum atomic E-state index is -0.377. The van der Waals surface area contributed by atoms with Gasteiger partial charge in [0.05, 0.1) is 0 Å². The number of para-hydroxylation sites is 1. The molecule has 1 N–H and O–H groups in total. The average Bonchev–Trinajstić information content (AvgIpc) is 2.56. The molecule has 5 heteroatoms. The number of nitrogens with one attached hydrogen (secondary N) is 1. The summed E-state index contributed by atoms with van der Waals surface area (Å²) in [5.74, 6) is -0.0257. The molecule has 2 atom stereocenters. The number of anilines is 1. The number of amides is 1. The molecule has 0 aromatic heterocycles. The summed E-state index contributed by atoms with van der Waals surface area (Å²) >= 11 is 0. The normalized spacial score (nSPS) is 18.5. The lowest BCUT2D eigenvalue weighted by Gasteiger charge is -2.37. The molecule has 0 aliphatic carbocycles. The lowest BCUT2D eigenvalue weighted by molar-refractivity contribution is -0.132. The summed E-state index contributed by atoms with van der Waals surface area (Å²) in [5.41, 5.74) is 1.29. The van der Waals surface area contributed by atoms with Gasteiger partial charge < -0.3 is 15.0 Å². The van der Waals surface area contributed by atoms with Crippen LogP contribution in [0.4, 0.5) is 5.69 Å². The van der Waals surface area contributed by atoms with Crippen LogP contribution in [-0.2, 0) is 9.53 Å². The Morgan fingerprint density at radius 2 is 1.83 bits per heavy atom. The highest BCUT2D eigenvalue weighted by molar-refractivity contribution is 5.80. The Labute approximate surface area is 139 Å². The second-order valence-electron chi connectivity index (χ2n) is 6.13. The monoisotopic (exact) mass is 319 g/mol. The maximum atomic E-state index is 12.0. The molecular formula is C18H29N3O2. The van der Waals surface area contributed by atoms with E-state index in [-0.39, 0.29) is 18.1 Å². The average molecular weight is 319 g/mol. The van der Waals surface area contributed by atoms with Gasteiger partial charge in [-0.25, -0.2) is 0 Å². The molecule has 0 saturated carbocycles. The molecule has 5 nitrogen and oxygen atoms in total. The van der Waals surface area contributed by atoms with Crippen LogP contribution in [0.5, 0.6) is 0 Å². The van der Waals surface area contributed by atoms with Gasteiger partial charge in [0.2, 0.25) is 5.91 Å².